The summed E-state index contributed by atoms with van der Waals surface area (Å²) < 4.78 is 13.2. The van der Waals surface area contributed by atoms with Crippen LogP contribution in [0.25, 0.3) is 6.08 Å². The third-order valence-electron chi connectivity index (χ3n) is 1.73. The molecule has 6 heteroatoms. The van der Waals surface area contributed by atoms with Crippen LogP contribution in [0.5, 0.6) is 0 Å². The Balaban J connectivity index is 3.30. The summed E-state index contributed by atoms with van der Waals surface area (Å²) in [6.07, 6.45) is 0.961. The van der Waals surface area contributed by atoms with E-state index in [4.69, 9.17) is 10.5 Å². The van der Waals surface area contributed by atoms with Gasteiger partial charge >= 0.3 is 0 Å². The molecule has 0 saturated heterocycles. The lowest BCUT2D eigenvalue weighted by molar-refractivity contribution is -0.384. The normalized spacial score (nSPS) is 8.69. The number of hydrogen-bond acceptors (Lipinski definition) is 4. The maximum absolute atomic E-state index is 13.2. The van der Waals surface area contributed by atoms with Crippen LogP contribution in [0.1, 0.15) is 5.56 Å². The average molecular weight is 217 g/mol. The number of hydrogen-bond donors (Lipinski definition) is 0. The highest BCUT2D eigenvalue weighted by molar-refractivity contribution is 5.64. The Hall–Kier alpha value is -2.73. The fourth-order valence-corrected chi connectivity index (χ4v) is 1.00. The van der Waals surface area contributed by atoms with Gasteiger partial charge in [0.05, 0.1) is 4.92 Å². The summed E-state index contributed by atoms with van der Waals surface area (Å²) >= 11 is 0. The first kappa shape index (κ1) is 11.3. The molecule has 1 rings (SSSR count). The first-order valence-corrected chi connectivity index (χ1v) is 4.04. The molecule has 0 N–H and O–H groups in total. The maximum Gasteiger partial charge on any atom is 0.270 e. The van der Waals surface area contributed by atoms with Crippen LogP contribution >= 0.6 is 0 Å². The van der Waals surface area contributed by atoms with Gasteiger partial charge in [0, 0.05) is 17.7 Å². The zero-order valence-corrected chi connectivity index (χ0v) is 7.85. The van der Waals surface area contributed by atoms with Crippen LogP contribution in [0.4, 0.5) is 10.1 Å². The molecule has 0 heterocycles. The molecule has 1 aromatic carbocycles. The van der Waals surface area contributed by atoms with E-state index in [0.29, 0.717) is 0 Å². The van der Waals surface area contributed by atoms with Crippen LogP contribution in [0, 0.1) is 38.6 Å². The van der Waals surface area contributed by atoms with Crippen LogP contribution in [-0.4, -0.2) is 4.92 Å². The lowest BCUT2D eigenvalue weighted by Crippen LogP contribution is -1.91. The second-order valence-electron chi connectivity index (χ2n) is 2.74. The third-order valence-corrected chi connectivity index (χ3v) is 1.73. The summed E-state index contributed by atoms with van der Waals surface area (Å²) in [5.41, 5.74) is -0.783. The highest BCUT2D eigenvalue weighted by atomic mass is 19.1. The molecule has 0 aromatic heterocycles. The van der Waals surface area contributed by atoms with Crippen molar-refractivity contribution in [1.82, 2.24) is 0 Å². The molecule has 0 aliphatic heterocycles. The van der Waals surface area contributed by atoms with E-state index in [1.165, 1.54) is 12.1 Å². The van der Waals surface area contributed by atoms with Crippen molar-refractivity contribution in [1.29, 1.82) is 10.5 Å². The van der Waals surface area contributed by atoms with E-state index in [1.54, 1.807) is 0 Å². The Kier molecular flexibility index (Phi) is 3.31. The van der Waals surface area contributed by atoms with Crippen LogP contribution in [-0.2, 0) is 0 Å². The van der Waals surface area contributed by atoms with Gasteiger partial charge in [0.15, 0.2) is 0 Å². The number of nitrogens with zero attached hydrogens (tertiary/aromatic N) is 3. The second kappa shape index (κ2) is 4.67. The Morgan fingerprint density at radius 1 is 1.44 bits per heavy atom. The van der Waals surface area contributed by atoms with Crippen molar-refractivity contribution >= 4 is 11.8 Å². The maximum atomic E-state index is 13.2. The molecule has 78 valence electrons. The number of benzene rings is 1. The fourth-order valence-electron chi connectivity index (χ4n) is 1.00. The molecular formula is C10H4FN3O2. The number of nitriles is 2. The van der Waals surface area contributed by atoms with E-state index in [-0.39, 0.29) is 16.8 Å². The molecular weight excluding hydrogens is 213 g/mol. The lowest BCUT2D eigenvalue weighted by Gasteiger charge is -1.96. The molecule has 0 bridgehead atoms. The van der Waals surface area contributed by atoms with Gasteiger partial charge in [-0.15, -0.1) is 0 Å². The molecule has 0 aliphatic rings. The quantitative estimate of drug-likeness (QED) is 0.431. The number of nitro benzene ring substituents is 1. The van der Waals surface area contributed by atoms with Gasteiger partial charge in [-0.1, -0.05) is 0 Å². The van der Waals surface area contributed by atoms with E-state index in [1.807, 2.05) is 0 Å². The SMILES string of the molecule is N#CC(C#N)=Cc1cc([N+](=O)[O-])ccc1F. The van der Waals surface area contributed by atoms with Crippen molar-refractivity contribution in [3.05, 3.63) is 45.3 Å². The predicted molar refractivity (Wildman–Crippen MR) is 52.3 cm³/mol. The van der Waals surface area contributed by atoms with E-state index in [0.717, 1.165) is 24.3 Å². The molecule has 0 unspecified atom stereocenters. The molecule has 0 aliphatic carbocycles. The van der Waals surface area contributed by atoms with Crippen molar-refractivity contribution in [2.75, 3.05) is 0 Å². The van der Waals surface area contributed by atoms with Gasteiger partial charge in [0.25, 0.3) is 5.69 Å². The summed E-state index contributed by atoms with van der Waals surface area (Å²) in [5.74, 6) is -0.728. The monoisotopic (exact) mass is 217 g/mol. The summed E-state index contributed by atoms with van der Waals surface area (Å²) in [6, 6.07) is 5.96. The smallest absolute Gasteiger partial charge is 0.258 e. The van der Waals surface area contributed by atoms with Gasteiger partial charge in [-0.25, -0.2) is 4.39 Å². The highest BCUT2D eigenvalue weighted by Gasteiger charge is 2.09. The minimum Gasteiger partial charge on any atom is -0.258 e. The van der Waals surface area contributed by atoms with E-state index < -0.39 is 10.7 Å². The number of halogens is 1. The van der Waals surface area contributed by atoms with Crippen LogP contribution in [0.15, 0.2) is 23.8 Å². The largest absolute Gasteiger partial charge is 0.270 e. The van der Waals surface area contributed by atoms with Gasteiger partial charge < -0.3 is 0 Å². The number of non-ortho nitro benzene ring substituents is 1. The molecule has 0 amide bonds. The average Bonchev–Trinajstić information content (AvgIpc) is 2.27. The third kappa shape index (κ3) is 2.40. The zero-order chi connectivity index (χ0) is 12.1. The first-order valence-electron chi connectivity index (χ1n) is 4.04. The number of rotatable bonds is 2. The fraction of sp³-hybridized carbons (Fsp3) is 0. The van der Waals surface area contributed by atoms with Gasteiger partial charge in [0.2, 0.25) is 0 Å². The Bertz CT molecular complexity index is 536. The molecule has 1 aromatic rings. The summed E-state index contributed by atoms with van der Waals surface area (Å²) in [4.78, 5) is 9.74. The molecule has 5 nitrogen and oxygen atoms in total. The summed E-state index contributed by atoms with van der Waals surface area (Å²) in [7, 11) is 0. The first-order chi connectivity index (χ1) is 7.58. The second-order valence-corrected chi connectivity index (χ2v) is 2.74. The van der Waals surface area contributed by atoms with Gasteiger partial charge in [-0.05, 0) is 12.1 Å². The Morgan fingerprint density at radius 2 is 2.06 bits per heavy atom. The molecule has 16 heavy (non-hydrogen) atoms. The van der Waals surface area contributed by atoms with Crippen molar-refractivity contribution in [3.63, 3.8) is 0 Å². The van der Waals surface area contributed by atoms with Gasteiger partial charge in [-0.3, -0.25) is 10.1 Å². The number of allylic oxidation sites excluding steroid dienone is 1. The molecule has 0 atom stereocenters. The lowest BCUT2D eigenvalue weighted by atomic mass is 10.1. The van der Waals surface area contributed by atoms with Gasteiger partial charge in [-0.2, -0.15) is 10.5 Å². The molecule has 0 spiro atoms. The van der Waals surface area contributed by atoms with Crippen molar-refractivity contribution in [3.8, 4) is 12.1 Å². The van der Waals surface area contributed by atoms with Crippen molar-refractivity contribution in [2.24, 2.45) is 0 Å². The topological polar surface area (TPSA) is 90.7 Å². The van der Waals surface area contributed by atoms with E-state index in [9.17, 15) is 14.5 Å². The Labute approximate surface area is 89.8 Å². The van der Waals surface area contributed by atoms with Crippen molar-refractivity contribution in [2.45, 2.75) is 0 Å². The summed E-state index contributed by atoms with van der Waals surface area (Å²) in [6.45, 7) is 0. The van der Waals surface area contributed by atoms with Gasteiger partial charge in [0.1, 0.15) is 23.5 Å². The van der Waals surface area contributed by atoms with E-state index >= 15 is 0 Å². The molecule has 0 saturated carbocycles. The zero-order valence-electron chi connectivity index (χ0n) is 7.85. The van der Waals surface area contributed by atoms with Crippen molar-refractivity contribution < 1.29 is 9.31 Å². The Morgan fingerprint density at radius 3 is 2.56 bits per heavy atom. The standard InChI is InChI=1S/C10H4FN3O2/c11-10-2-1-9(14(15)16)4-8(10)3-7(5-12)6-13/h1-4H. The van der Waals surface area contributed by atoms with E-state index in [2.05, 4.69) is 0 Å². The summed E-state index contributed by atoms with van der Waals surface area (Å²) in [5, 5.41) is 27.3. The number of nitro groups is 1. The minimum atomic E-state index is -0.728. The highest BCUT2D eigenvalue weighted by Crippen LogP contribution is 2.18. The molecule has 0 radical (unpaired) electrons. The van der Waals surface area contributed by atoms with Crippen LogP contribution in [0.2, 0.25) is 0 Å². The van der Waals surface area contributed by atoms with Crippen LogP contribution < -0.4 is 0 Å². The predicted octanol–water partition coefficient (Wildman–Crippen LogP) is 2.16. The minimum absolute atomic E-state index is 0.160. The van der Waals surface area contributed by atoms with Crippen LogP contribution in [0.3, 0.4) is 0 Å². The molecule has 0 fully saturated rings.